The summed E-state index contributed by atoms with van der Waals surface area (Å²) in [5, 5.41) is 9.91. The predicted octanol–water partition coefficient (Wildman–Crippen LogP) is 3.57. The number of methoxy groups -OCH3 is 1. The number of hydrogen-bond donors (Lipinski definition) is 1. The molecule has 1 N–H and O–H groups in total. The van der Waals surface area contributed by atoms with Gasteiger partial charge in [-0.3, -0.25) is 4.79 Å². The summed E-state index contributed by atoms with van der Waals surface area (Å²) in [4.78, 5) is 25.4. The van der Waals surface area contributed by atoms with Crippen LogP contribution in [0.3, 0.4) is 0 Å². The van der Waals surface area contributed by atoms with Gasteiger partial charge in [-0.15, -0.1) is 0 Å². The molecule has 1 amide bonds. The van der Waals surface area contributed by atoms with Crippen LogP contribution in [0, 0.1) is 0 Å². The number of carbonyl (C=O) groups is 2. The molecule has 1 fully saturated rings. The zero-order valence-corrected chi connectivity index (χ0v) is 13.8. The van der Waals surface area contributed by atoms with Gasteiger partial charge in [-0.2, -0.15) is 0 Å². The number of hydrogen-bond acceptors (Lipinski definition) is 3. The van der Waals surface area contributed by atoms with Crippen molar-refractivity contribution >= 4 is 29.2 Å². The zero-order valence-electron chi connectivity index (χ0n) is 13.0. The van der Waals surface area contributed by atoms with Gasteiger partial charge in [0, 0.05) is 35.2 Å². The third-order valence-electron chi connectivity index (χ3n) is 4.18. The second-order valence-electron chi connectivity index (χ2n) is 5.62. The molecule has 1 saturated heterocycles. The van der Waals surface area contributed by atoms with E-state index in [0.717, 1.165) is 11.3 Å². The second kappa shape index (κ2) is 6.53. The number of aromatic carboxylic acids is 1. The normalized spacial score (nSPS) is 17.2. The molecule has 3 rings (SSSR count). The number of anilines is 1. The van der Waals surface area contributed by atoms with Crippen LogP contribution in [-0.2, 0) is 4.79 Å². The molecule has 0 bridgehead atoms. The lowest BCUT2D eigenvalue weighted by atomic mass is 9.95. The fourth-order valence-corrected chi connectivity index (χ4v) is 3.19. The Balaban J connectivity index is 1.92. The highest BCUT2D eigenvalue weighted by atomic mass is 35.5. The van der Waals surface area contributed by atoms with Crippen LogP contribution in [-0.4, -0.2) is 30.6 Å². The van der Waals surface area contributed by atoms with Crippen LogP contribution in [0.15, 0.2) is 42.5 Å². The number of rotatable bonds is 4. The first-order valence-corrected chi connectivity index (χ1v) is 7.85. The summed E-state index contributed by atoms with van der Waals surface area (Å²) in [5.74, 6) is -0.860. The first-order chi connectivity index (χ1) is 11.5. The van der Waals surface area contributed by atoms with E-state index in [1.165, 1.54) is 13.2 Å². The molecule has 0 radical (unpaired) electrons. The van der Waals surface area contributed by atoms with Crippen molar-refractivity contribution in [3.05, 3.63) is 58.6 Å². The second-order valence-corrected chi connectivity index (χ2v) is 6.05. The van der Waals surface area contributed by atoms with Crippen molar-refractivity contribution in [2.24, 2.45) is 0 Å². The molecule has 2 aromatic carbocycles. The van der Waals surface area contributed by atoms with E-state index in [4.69, 9.17) is 16.3 Å². The van der Waals surface area contributed by atoms with Crippen molar-refractivity contribution in [1.82, 2.24) is 0 Å². The molecule has 0 aliphatic carbocycles. The van der Waals surface area contributed by atoms with E-state index in [0.29, 0.717) is 23.7 Å². The van der Waals surface area contributed by atoms with E-state index in [1.807, 2.05) is 6.07 Å². The number of para-hydroxylation sites is 1. The first kappa shape index (κ1) is 16.3. The van der Waals surface area contributed by atoms with E-state index in [1.54, 1.807) is 35.2 Å². The van der Waals surface area contributed by atoms with Crippen LogP contribution in [0.2, 0.25) is 5.02 Å². The molecule has 2 aromatic rings. The first-order valence-electron chi connectivity index (χ1n) is 7.47. The van der Waals surface area contributed by atoms with Gasteiger partial charge in [0.15, 0.2) is 0 Å². The molecule has 24 heavy (non-hydrogen) atoms. The van der Waals surface area contributed by atoms with E-state index in [-0.39, 0.29) is 17.4 Å². The highest BCUT2D eigenvalue weighted by molar-refractivity contribution is 6.30. The maximum Gasteiger partial charge on any atom is 0.339 e. The molecule has 0 spiro atoms. The van der Waals surface area contributed by atoms with Crippen molar-refractivity contribution in [1.29, 1.82) is 0 Å². The van der Waals surface area contributed by atoms with E-state index in [9.17, 15) is 14.7 Å². The molecule has 1 aliphatic heterocycles. The van der Waals surface area contributed by atoms with Gasteiger partial charge >= 0.3 is 5.97 Å². The standard InChI is InChI=1S/C18H16ClNO4/c1-24-17-14(3-2-4-15(17)18(22)23)11-9-16(21)20(10-11)13-7-5-12(19)6-8-13/h2-8,11H,9-10H2,1H3,(H,22,23). The Kier molecular flexibility index (Phi) is 4.44. The molecule has 0 aromatic heterocycles. The van der Waals surface area contributed by atoms with Crippen LogP contribution in [0.5, 0.6) is 5.75 Å². The summed E-state index contributed by atoms with van der Waals surface area (Å²) in [6, 6.07) is 12.1. The minimum atomic E-state index is -1.05. The topological polar surface area (TPSA) is 66.8 Å². The Labute approximate surface area is 144 Å². The number of carbonyl (C=O) groups excluding carboxylic acids is 1. The average Bonchev–Trinajstić information content (AvgIpc) is 2.96. The Bertz CT molecular complexity index is 788. The largest absolute Gasteiger partial charge is 0.496 e. The Morgan fingerprint density at radius 3 is 2.58 bits per heavy atom. The van der Waals surface area contributed by atoms with Gasteiger partial charge in [0.25, 0.3) is 0 Å². The number of carboxylic acids is 1. The van der Waals surface area contributed by atoms with E-state index >= 15 is 0 Å². The van der Waals surface area contributed by atoms with Gasteiger partial charge < -0.3 is 14.7 Å². The monoisotopic (exact) mass is 345 g/mol. The van der Waals surface area contributed by atoms with Crippen molar-refractivity contribution in [2.75, 3.05) is 18.6 Å². The van der Waals surface area contributed by atoms with Crippen LogP contribution in [0.1, 0.15) is 28.3 Å². The lowest BCUT2D eigenvalue weighted by Crippen LogP contribution is -2.24. The fraction of sp³-hybridized carbons (Fsp3) is 0.222. The molecule has 124 valence electrons. The number of benzene rings is 2. The molecule has 1 unspecified atom stereocenters. The maximum atomic E-state index is 12.4. The maximum absolute atomic E-state index is 12.4. The van der Waals surface area contributed by atoms with Gasteiger partial charge in [-0.05, 0) is 30.3 Å². The Morgan fingerprint density at radius 2 is 1.96 bits per heavy atom. The molecule has 5 nitrogen and oxygen atoms in total. The minimum absolute atomic E-state index is 0.00916. The number of nitrogens with zero attached hydrogens (tertiary/aromatic N) is 1. The van der Waals surface area contributed by atoms with Crippen LogP contribution >= 0.6 is 11.6 Å². The van der Waals surface area contributed by atoms with Crippen molar-refractivity contribution in [3.8, 4) is 5.75 Å². The van der Waals surface area contributed by atoms with Gasteiger partial charge in [0.05, 0.1) is 7.11 Å². The molecule has 1 heterocycles. The fourth-order valence-electron chi connectivity index (χ4n) is 3.06. The Morgan fingerprint density at radius 1 is 1.25 bits per heavy atom. The lowest BCUT2D eigenvalue weighted by molar-refractivity contribution is -0.117. The van der Waals surface area contributed by atoms with Gasteiger partial charge in [-0.1, -0.05) is 23.7 Å². The quantitative estimate of drug-likeness (QED) is 0.920. The SMILES string of the molecule is COc1c(C(=O)O)cccc1C1CC(=O)N(c2ccc(Cl)cc2)C1. The predicted molar refractivity (Wildman–Crippen MR) is 91.1 cm³/mol. The van der Waals surface area contributed by atoms with Crippen molar-refractivity contribution in [2.45, 2.75) is 12.3 Å². The zero-order chi connectivity index (χ0) is 17.3. The summed E-state index contributed by atoms with van der Waals surface area (Å²) < 4.78 is 5.31. The highest BCUT2D eigenvalue weighted by Crippen LogP contribution is 2.38. The van der Waals surface area contributed by atoms with Crippen molar-refractivity contribution < 1.29 is 19.4 Å². The van der Waals surface area contributed by atoms with E-state index in [2.05, 4.69) is 0 Å². The molecule has 0 saturated carbocycles. The molecule has 6 heteroatoms. The van der Waals surface area contributed by atoms with Crippen LogP contribution < -0.4 is 9.64 Å². The smallest absolute Gasteiger partial charge is 0.339 e. The number of amides is 1. The summed E-state index contributed by atoms with van der Waals surface area (Å²) in [5.41, 5.74) is 1.62. The summed E-state index contributed by atoms with van der Waals surface area (Å²) >= 11 is 5.89. The van der Waals surface area contributed by atoms with E-state index < -0.39 is 5.97 Å². The van der Waals surface area contributed by atoms with Crippen LogP contribution in [0.25, 0.3) is 0 Å². The third-order valence-corrected chi connectivity index (χ3v) is 4.44. The molecule has 1 atom stereocenters. The number of carboxylic acid groups (broad SMARTS) is 1. The minimum Gasteiger partial charge on any atom is -0.496 e. The van der Waals surface area contributed by atoms with Crippen LogP contribution in [0.4, 0.5) is 5.69 Å². The lowest BCUT2D eigenvalue weighted by Gasteiger charge is -2.18. The molecular formula is C18H16ClNO4. The van der Waals surface area contributed by atoms with Crippen molar-refractivity contribution in [3.63, 3.8) is 0 Å². The summed E-state index contributed by atoms with van der Waals surface area (Å²) in [7, 11) is 1.44. The molecular weight excluding hydrogens is 330 g/mol. The van der Waals surface area contributed by atoms with Gasteiger partial charge in [0.2, 0.25) is 5.91 Å². The number of ether oxygens (including phenoxy) is 1. The van der Waals surface area contributed by atoms with Gasteiger partial charge in [0.1, 0.15) is 11.3 Å². The van der Waals surface area contributed by atoms with Gasteiger partial charge in [-0.25, -0.2) is 4.79 Å². The highest BCUT2D eigenvalue weighted by Gasteiger charge is 2.34. The Hall–Kier alpha value is -2.53. The third kappa shape index (κ3) is 2.95. The summed E-state index contributed by atoms with van der Waals surface area (Å²) in [6.07, 6.45) is 0.308. The average molecular weight is 346 g/mol. The number of halogens is 1. The summed E-state index contributed by atoms with van der Waals surface area (Å²) in [6.45, 7) is 0.472. The molecule has 1 aliphatic rings.